The molecule has 0 aromatic heterocycles. The second kappa shape index (κ2) is 5.86. The third kappa shape index (κ3) is 2.94. The van der Waals surface area contributed by atoms with Crippen LogP contribution in [0.4, 0.5) is 5.69 Å². The normalized spacial score (nSPS) is 10.5. The smallest absolute Gasteiger partial charge is 0.278 e. The van der Waals surface area contributed by atoms with Gasteiger partial charge in [0.1, 0.15) is 0 Å². The Morgan fingerprint density at radius 2 is 2.18 bits per heavy atom. The second-order valence-corrected chi connectivity index (χ2v) is 3.13. The first kappa shape index (κ1) is 13.0. The molecular formula is C11H13NO5. The third-order valence-corrected chi connectivity index (χ3v) is 2.06. The Morgan fingerprint density at radius 3 is 2.65 bits per heavy atom. The Morgan fingerprint density at radius 1 is 1.47 bits per heavy atom. The van der Waals surface area contributed by atoms with Crippen LogP contribution in [0.15, 0.2) is 24.5 Å². The molecule has 0 atom stereocenters. The molecule has 0 saturated heterocycles. The standard InChI is InChI=1S/C11H13NO5/c1-3-4-17-11-6-9(12(14)15)8(7-13)5-10(11)16-2/h3-6,13H,7H2,1-2H3. The summed E-state index contributed by atoms with van der Waals surface area (Å²) >= 11 is 0. The number of benzene rings is 1. The predicted molar refractivity (Wildman–Crippen MR) is 61.0 cm³/mol. The molecule has 0 saturated carbocycles. The molecule has 1 rings (SSSR count). The van der Waals surface area contributed by atoms with Gasteiger partial charge in [-0.15, -0.1) is 0 Å². The molecule has 0 aliphatic rings. The summed E-state index contributed by atoms with van der Waals surface area (Å²) < 4.78 is 10.2. The highest BCUT2D eigenvalue weighted by molar-refractivity contribution is 5.54. The average Bonchev–Trinajstić information content (AvgIpc) is 2.34. The van der Waals surface area contributed by atoms with E-state index in [1.807, 2.05) is 0 Å². The Balaban J connectivity index is 3.28. The molecule has 0 unspecified atom stereocenters. The van der Waals surface area contributed by atoms with E-state index in [4.69, 9.17) is 14.6 Å². The lowest BCUT2D eigenvalue weighted by Crippen LogP contribution is -1.98. The minimum atomic E-state index is -0.576. The van der Waals surface area contributed by atoms with Gasteiger partial charge in [0.2, 0.25) is 0 Å². The lowest BCUT2D eigenvalue weighted by atomic mass is 10.1. The van der Waals surface area contributed by atoms with E-state index in [-0.39, 0.29) is 17.0 Å². The number of hydrogen-bond acceptors (Lipinski definition) is 5. The first-order valence-corrected chi connectivity index (χ1v) is 4.88. The van der Waals surface area contributed by atoms with Crippen molar-refractivity contribution >= 4 is 5.69 Å². The molecule has 1 aromatic rings. The van der Waals surface area contributed by atoms with Crippen molar-refractivity contribution in [2.45, 2.75) is 13.5 Å². The summed E-state index contributed by atoms with van der Waals surface area (Å²) in [4.78, 5) is 10.2. The number of hydrogen-bond donors (Lipinski definition) is 1. The van der Waals surface area contributed by atoms with Gasteiger partial charge in [-0.3, -0.25) is 10.1 Å². The van der Waals surface area contributed by atoms with Crippen molar-refractivity contribution in [2.75, 3.05) is 7.11 Å². The van der Waals surface area contributed by atoms with Crippen LogP contribution in [0.1, 0.15) is 12.5 Å². The van der Waals surface area contributed by atoms with E-state index < -0.39 is 11.5 Å². The molecule has 0 fully saturated rings. The van der Waals surface area contributed by atoms with Crippen LogP contribution in [0.5, 0.6) is 11.5 Å². The van der Waals surface area contributed by atoms with E-state index in [0.29, 0.717) is 5.75 Å². The van der Waals surface area contributed by atoms with E-state index in [1.165, 1.54) is 25.5 Å². The zero-order chi connectivity index (χ0) is 12.8. The van der Waals surface area contributed by atoms with Crippen LogP contribution >= 0.6 is 0 Å². The van der Waals surface area contributed by atoms with E-state index in [2.05, 4.69) is 0 Å². The summed E-state index contributed by atoms with van der Waals surface area (Å²) in [6.07, 6.45) is 3.03. The van der Waals surface area contributed by atoms with Crippen molar-refractivity contribution in [1.29, 1.82) is 0 Å². The van der Waals surface area contributed by atoms with E-state index >= 15 is 0 Å². The highest BCUT2D eigenvalue weighted by Gasteiger charge is 2.18. The van der Waals surface area contributed by atoms with Crippen LogP contribution in [0.3, 0.4) is 0 Å². The van der Waals surface area contributed by atoms with Gasteiger partial charge in [-0.2, -0.15) is 0 Å². The monoisotopic (exact) mass is 239 g/mol. The minimum absolute atomic E-state index is 0.180. The van der Waals surface area contributed by atoms with Gasteiger partial charge in [-0.25, -0.2) is 0 Å². The summed E-state index contributed by atoms with van der Waals surface area (Å²) in [5.41, 5.74) is -0.0209. The van der Waals surface area contributed by atoms with Crippen molar-refractivity contribution in [3.63, 3.8) is 0 Å². The lowest BCUT2D eigenvalue weighted by molar-refractivity contribution is -0.385. The fourth-order valence-corrected chi connectivity index (χ4v) is 1.28. The van der Waals surface area contributed by atoms with E-state index in [9.17, 15) is 10.1 Å². The van der Waals surface area contributed by atoms with Gasteiger partial charge in [-0.05, 0) is 13.0 Å². The molecule has 0 aliphatic carbocycles. The van der Waals surface area contributed by atoms with Crippen LogP contribution in [-0.2, 0) is 6.61 Å². The van der Waals surface area contributed by atoms with E-state index in [1.54, 1.807) is 13.0 Å². The molecule has 0 heterocycles. The predicted octanol–water partition coefficient (Wildman–Crippen LogP) is 2.01. The quantitative estimate of drug-likeness (QED) is 0.483. The molecule has 0 amide bonds. The minimum Gasteiger partial charge on any atom is -0.493 e. The number of nitro groups is 1. The number of rotatable bonds is 5. The third-order valence-electron chi connectivity index (χ3n) is 2.06. The summed E-state index contributed by atoms with van der Waals surface area (Å²) in [6.45, 7) is 1.32. The Labute approximate surface area is 98.2 Å². The van der Waals surface area contributed by atoms with Gasteiger partial charge >= 0.3 is 0 Å². The van der Waals surface area contributed by atoms with Gasteiger partial charge in [0.05, 0.1) is 36.5 Å². The van der Waals surface area contributed by atoms with Gasteiger partial charge < -0.3 is 14.6 Å². The van der Waals surface area contributed by atoms with Crippen LogP contribution in [0, 0.1) is 10.1 Å². The molecule has 1 N–H and O–H groups in total. The molecule has 1 aromatic carbocycles. The molecule has 6 heteroatoms. The fraction of sp³-hybridized carbons (Fsp3) is 0.273. The number of aliphatic hydroxyl groups excluding tert-OH is 1. The largest absolute Gasteiger partial charge is 0.493 e. The Kier molecular flexibility index (Phi) is 4.47. The molecular weight excluding hydrogens is 226 g/mol. The second-order valence-electron chi connectivity index (χ2n) is 3.13. The maximum absolute atomic E-state index is 10.8. The van der Waals surface area contributed by atoms with Crippen molar-refractivity contribution in [3.05, 3.63) is 40.1 Å². The summed E-state index contributed by atoms with van der Waals surface area (Å²) in [7, 11) is 1.42. The maximum Gasteiger partial charge on any atom is 0.278 e. The number of nitrogens with zero attached hydrogens (tertiary/aromatic N) is 1. The maximum atomic E-state index is 10.8. The molecule has 92 valence electrons. The number of nitro benzene ring substituents is 1. The number of ether oxygens (including phenoxy) is 2. The van der Waals surface area contributed by atoms with Crippen LogP contribution in [-0.4, -0.2) is 17.1 Å². The number of allylic oxidation sites excluding steroid dienone is 1. The molecule has 0 aliphatic heterocycles. The van der Waals surface area contributed by atoms with Gasteiger partial charge in [-0.1, -0.05) is 6.08 Å². The zero-order valence-electron chi connectivity index (χ0n) is 9.54. The highest BCUT2D eigenvalue weighted by Crippen LogP contribution is 2.34. The van der Waals surface area contributed by atoms with Crippen molar-refractivity contribution < 1.29 is 19.5 Å². The van der Waals surface area contributed by atoms with Crippen molar-refractivity contribution in [2.24, 2.45) is 0 Å². The highest BCUT2D eigenvalue weighted by atomic mass is 16.6. The summed E-state index contributed by atoms with van der Waals surface area (Å²) in [5, 5.41) is 19.8. The van der Waals surface area contributed by atoms with Gasteiger partial charge in [0.25, 0.3) is 5.69 Å². The average molecular weight is 239 g/mol. The van der Waals surface area contributed by atoms with Crippen LogP contribution in [0.2, 0.25) is 0 Å². The zero-order valence-corrected chi connectivity index (χ0v) is 9.54. The first-order chi connectivity index (χ1) is 8.13. The summed E-state index contributed by atoms with van der Waals surface area (Å²) in [6, 6.07) is 2.61. The van der Waals surface area contributed by atoms with Crippen molar-refractivity contribution in [3.8, 4) is 11.5 Å². The topological polar surface area (TPSA) is 81.8 Å². The SMILES string of the molecule is CC=COc1cc([N+](=O)[O-])c(CO)cc1OC. The molecule has 6 nitrogen and oxygen atoms in total. The van der Waals surface area contributed by atoms with Gasteiger partial charge in [0.15, 0.2) is 11.5 Å². The van der Waals surface area contributed by atoms with Crippen LogP contribution < -0.4 is 9.47 Å². The Bertz CT molecular complexity index is 442. The molecule has 17 heavy (non-hydrogen) atoms. The van der Waals surface area contributed by atoms with Crippen molar-refractivity contribution in [1.82, 2.24) is 0 Å². The fourth-order valence-electron chi connectivity index (χ4n) is 1.28. The van der Waals surface area contributed by atoms with Crippen LogP contribution in [0.25, 0.3) is 0 Å². The first-order valence-electron chi connectivity index (χ1n) is 4.88. The number of methoxy groups -OCH3 is 1. The van der Waals surface area contributed by atoms with Gasteiger partial charge in [0, 0.05) is 0 Å². The number of aliphatic hydroxyl groups is 1. The molecule has 0 spiro atoms. The van der Waals surface area contributed by atoms with E-state index in [0.717, 1.165) is 0 Å². The lowest BCUT2D eigenvalue weighted by Gasteiger charge is -2.09. The molecule has 0 radical (unpaired) electrons. The Hall–Kier alpha value is -2.08. The summed E-state index contributed by atoms with van der Waals surface area (Å²) in [5.74, 6) is 0.562. The molecule has 0 bridgehead atoms.